The number of rotatable bonds is 4. The lowest BCUT2D eigenvalue weighted by molar-refractivity contribution is 0.0951. The average Bonchev–Trinajstić information content (AvgIpc) is 3.05. The highest BCUT2D eigenvalue weighted by molar-refractivity contribution is 7.92. The first-order chi connectivity index (χ1) is 11.3. The fraction of sp³-hybridized carbons (Fsp3) is 0.375. The molecular formula is C16H20N4O3S. The second kappa shape index (κ2) is 5.94. The Balaban J connectivity index is 1.77. The number of hydrogen-bond acceptors (Lipinski definition) is 4. The molecule has 1 aromatic carbocycles. The largest absolute Gasteiger partial charge is 0.348 e. The van der Waals surface area contributed by atoms with Gasteiger partial charge in [0.2, 0.25) is 10.0 Å². The van der Waals surface area contributed by atoms with Crippen molar-refractivity contribution in [3.63, 3.8) is 0 Å². The van der Waals surface area contributed by atoms with E-state index in [1.54, 1.807) is 29.1 Å². The number of benzene rings is 1. The minimum absolute atomic E-state index is 0.135. The standard InChI is InChI=1S/C16H20N4O3S/c1-11-6-14-7-13(4-5-15(14)20(11)24(3,22)23)16(21)17-8-12-9-18-19(2)10-12/h4-5,7,9-11H,6,8H2,1-3H3,(H,17,21). The van der Waals surface area contributed by atoms with Crippen molar-refractivity contribution >= 4 is 21.6 Å². The van der Waals surface area contributed by atoms with Gasteiger partial charge in [-0.15, -0.1) is 0 Å². The van der Waals surface area contributed by atoms with Crippen molar-refractivity contribution in [2.75, 3.05) is 10.6 Å². The number of nitrogens with one attached hydrogen (secondary N) is 1. The minimum Gasteiger partial charge on any atom is -0.348 e. The van der Waals surface area contributed by atoms with Crippen LogP contribution in [0.15, 0.2) is 30.6 Å². The molecule has 1 atom stereocenters. The van der Waals surface area contributed by atoms with Crippen LogP contribution in [0, 0.1) is 0 Å². The van der Waals surface area contributed by atoms with Crippen molar-refractivity contribution in [3.8, 4) is 0 Å². The molecule has 2 heterocycles. The average molecular weight is 348 g/mol. The first-order valence-corrected chi connectivity index (χ1v) is 9.48. The van der Waals surface area contributed by atoms with Gasteiger partial charge in [-0.1, -0.05) is 0 Å². The first-order valence-electron chi connectivity index (χ1n) is 7.64. The summed E-state index contributed by atoms with van der Waals surface area (Å²) in [5, 5.41) is 6.91. The van der Waals surface area contributed by atoms with Gasteiger partial charge in [0.15, 0.2) is 0 Å². The Morgan fingerprint density at radius 3 is 2.79 bits per heavy atom. The van der Waals surface area contributed by atoms with Crippen molar-refractivity contribution in [2.24, 2.45) is 7.05 Å². The predicted octanol–water partition coefficient (Wildman–Crippen LogP) is 1.06. The Morgan fingerprint density at radius 2 is 2.17 bits per heavy atom. The fourth-order valence-electron chi connectivity index (χ4n) is 3.10. The van der Waals surface area contributed by atoms with Gasteiger partial charge < -0.3 is 5.32 Å². The van der Waals surface area contributed by atoms with E-state index in [0.29, 0.717) is 24.2 Å². The lowest BCUT2D eigenvalue weighted by Crippen LogP contribution is -2.34. The van der Waals surface area contributed by atoms with Gasteiger partial charge in [-0.3, -0.25) is 13.8 Å². The Labute approximate surface area is 141 Å². The van der Waals surface area contributed by atoms with E-state index in [1.807, 2.05) is 20.2 Å². The van der Waals surface area contributed by atoms with Crippen molar-refractivity contribution in [3.05, 3.63) is 47.3 Å². The molecule has 0 fully saturated rings. The minimum atomic E-state index is -3.32. The number of anilines is 1. The van der Waals surface area contributed by atoms with Gasteiger partial charge in [-0.2, -0.15) is 5.10 Å². The molecule has 0 radical (unpaired) electrons. The Hall–Kier alpha value is -2.35. The number of carbonyl (C=O) groups excluding carboxylic acids is 1. The fourth-order valence-corrected chi connectivity index (χ4v) is 4.36. The molecule has 1 aliphatic rings. The molecule has 7 nitrogen and oxygen atoms in total. The summed E-state index contributed by atoms with van der Waals surface area (Å²) in [6.45, 7) is 2.26. The number of amides is 1. The molecule has 1 N–H and O–H groups in total. The second-order valence-electron chi connectivity index (χ2n) is 6.16. The first kappa shape index (κ1) is 16.5. The van der Waals surface area contributed by atoms with E-state index in [4.69, 9.17) is 0 Å². The summed E-state index contributed by atoms with van der Waals surface area (Å²) in [5.41, 5.74) is 2.99. The molecule has 1 amide bonds. The molecule has 0 aliphatic carbocycles. The number of fused-ring (bicyclic) bond motifs is 1. The molecule has 1 aromatic heterocycles. The molecular weight excluding hydrogens is 328 g/mol. The molecule has 128 valence electrons. The van der Waals surface area contributed by atoms with E-state index in [-0.39, 0.29) is 11.9 Å². The molecule has 24 heavy (non-hydrogen) atoms. The van der Waals surface area contributed by atoms with Crippen LogP contribution in [0.2, 0.25) is 0 Å². The molecule has 2 aromatic rings. The van der Waals surface area contributed by atoms with E-state index in [9.17, 15) is 13.2 Å². The molecule has 3 rings (SSSR count). The van der Waals surface area contributed by atoms with E-state index >= 15 is 0 Å². The van der Waals surface area contributed by atoms with Crippen molar-refractivity contribution in [2.45, 2.75) is 25.9 Å². The van der Waals surface area contributed by atoms with Gasteiger partial charge in [0.1, 0.15) is 0 Å². The molecule has 0 saturated heterocycles. The lowest BCUT2D eigenvalue weighted by atomic mass is 10.1. The van der Waals surface area contributed by atoms with Crippen LogP contribution in [0.4, 0.5) is 5.69 Å². The SMILES string of the molecule is CC1Cc2cc(C(=O)NCc3cnn(C)c3)ccc2N1S(C)(=O)=O. The highest BCUT2D eigenvalue weighted by Crippen LogP contribution is 2.34. The lowest BCUT2D eigenvalue weighted by Gasteiger charge is -2.21. The van der Waals surface area contributed by atoms with E-state index in [2.05, 4.69) is 10.4 Å². The maximum atomic E-state index is 12.3. The second-order valence-corrected chi connectivity index (χ2v) is 8.02. The Bertz CT molecular complexity index is 888. The normalized spacial score (nSPS) is 17.0. The molecule has 0 saturated carbocycles. The number of nitrogens with zero attached hydrogens (tertiary/aromatic N) is 3. The van der Waals surface area contributed by atoms with Gasteiger partial charge in [0.05, 0.1) is 18.1 Å². The number of aromatic nitrogens is 2. The van der Waals surface area contributed by atoms with Crippen LogP contribution in [-0.4, -0.2) is 36.4 Å². The molecule has 1 unspecified atom stereocenters. The summed E-state index contributed by atoms with van der Waals surface area (Å²) in [5.74, 6) is -0.188. The summed E-state index contributed by atoms with van der Waals surface area (Å²) in [7, 11) is -1.50. The van der Waals surface area contributed by atoms with E-state index in [1.165, 1.54) is 10.6 Å². The molecule has 0 spiro atoms. The zero-order valence-electron chi connectivity index (χ0n) is 13.9. The quantitative estimate of drug-likeness (QED) is 0.895. The van der Waals surface area contributed by atoms with Crippen molar-refractivity contribution < 1.29 is 13.2 Å². The maximum Gasteiger partial charge on any atom is 0.251 e. The monoisotopic (exact) mass is 348 g/mol. The third-order valence-corrected chi connectivity index (χ3v) is 5.33. The van der Waals surface area contributed by atoms with Gasteiger partial charge in [-0.25, -0.2) is 8.42 Å². The van der Waals surface area contributed by atoms with Crippen molar-refractivity contribution in [1.29, 1.82) is 0 Å². The summed E-state index contributed by atoms with van der Waals surface area (Å²) in [6.07, 6.45) is 5.35. The molecule has 1 aliphatic heterocycles. The van der Waals surface area contributed by atoms with Crippen LogP contribution < -0.4 is 9.62 Å². The van der Waals surface area contributed by atoms with Crippen LogP contribution in [0.3, 0.4) is 0 Å². The zero-order valence-corrected chi connectivity index (χ0v) is 14.7. The van der Waals surface area contributed by atoms with Crippen LogP contribution in [0.5, 0.6) is 0 Å². The van der Waals surface area contributed by atoms with E-state index in [0.717, 1.165) is 11.1 Å². The number of hydrogen-bond donors (Lipinski definition) is 1. The van der Waals surface area contributed by atoms with Gasteiger partial charge in [-0.05, 0) is 37.1 Å². The number of sulfonamides is 1. The summed E-state index contributed by atoms with van der Waals surface area (Å²) < 4.78 is 26.9. The highest BCUT2D eigenvalue weighted by Gasteiger charge is 2.32. The zero-order chi connectivity index (χ0) is 17.5. The van der Waals surface area contributed by atoms with E-state index < -0.39 is 10.0 Å². The topological polar surface area (TPSA) is 84.3 Å². The molecule has 8 heteroatoms. The van der Waals surface area contributed by atoms with Crippen LogP contribution >= 0.6 is 0 Å². The van der Waals surface area contributed by atoms with Crippen LogP contribution in [-0.2, 0) is 30.0 Å². The van der Waals surface area contributed by atoms with Crippen LogP contribution in [0.25, 0.3) is 0 Å². The number of carbonyl (C=O) groups is 1. The van der Waals surface area contributed by atoms with Gasteiger partial charge in [0, 0.05) is 37.0 Å². The molecule has 0 bridgehead atoms. The van der Waals surface area contributed by atoms with Gasteiger partial charge >= 0.3 is 0 Å². The third-order valence-electron chi connectivity index (χ3n) is 4.06. The Morgan fingerprint density at radius 1 is 1.42 bits per heavy atom. The maximum absolute atomic E-state index is 12.3. The van der Waals surface area contributed by atoms with Crippen LogP contribution in [0.1, 0.15) is 28.4 Å². The third kappa shape index (κ3) is 3.14. The smallest absolute Gasteiger partial charge is 0.251 e. The summed E-state index contributed by atoms with van der Waals surface area (Å²) >= 11 is 0. The highest BCUT2D eigenvalue weighted by atomic mass is 32.2. The Kier molecular flexibility index (Phi) is 4.08. The summed E-state index contributed by atoms with van der Waals surface area (Å²) in [4.78, 5) is 12.3. The number of aryl methyl sites for hydroxylation is 1. The van der Waals surface area contributed by atoms with Gasteiger partial charge in [0.25, 0.3) is 5.91 Å². The van der Waals surface area contributed by atoms with Crippen molar-refractivity contribution in [1.82, 2.24) is 15.1 Å². The predicted molar refractivity (Wildman–Crippen MR) is 91.3 cm³/mol. The summed E-state index contributed by atoms with van der Waals surface area (Å²) in [6, 6.07) is 5.01.